The zero-order valence-corrected chi connectivity index (χ0v) is 12.3. The molecule has 1 aliphatic heterocycles. The number of likely N-dealkylation sites (tertiary alicyclic amines) is 1. The lowest BCUT2D eigenvalue weighted by atomic mass is 9.99. The van der Waals surface area contributed by atoms with Gasteiger partial charge in [-0.3, -0.25) is 4.90 Å². The highest BCUT2D eigenvalue weighted by Crippen LogP contribution is 2.16. The molecule has 1 aromatic heterocycles. The molecule has 0 aromatic carbocycles. The van der Waals surface area contributed by atoms with Crippen LogP contribution in [0.15, 0.2) is 22.8 Å². The lowest BCUT2D eigenvalue weighted by molar-refractivity contribution is 0.0189. The first kappa shape index (κ1) is 16.1. The summed E-state index contributed by atoms with van der Waals surface area (Å²) >= 11 is 0. The molecule has 2 heterocycles. The third-order valence-electron chi connectivity index (χ3n) is 3.42. The van der Waals surface area contributed by atoms with E-state index in [1.807, 2.05) is 6.92 Å². The van der Waals surface area contributed by atoms with Gasteiger partial charge in [0.15, 0.2) is 0 Å². The third kappa shape index (κ3) is 4.88. The number of carbonyl (C=O) groups is 1. The lowest BCUT2D eigenvalue weighted by Gasteiger charge is -2.31. The monoisotopic (exact) mass is 287 g/mol. The molecule has 108 valence electrons. The number of hydrogen-bond donors (Lipinski definition) is 0. The number of hydrogen-bond acceptors (Lipinski definition) is 4. The molecule has 0 bridgehead atoms. The molecule has 1 fully saturated rings. The zero-order valence-electron chi connectivity index (χ0n) is 11.5. The number of nitrogens with zero attached hydrogens (tertiary/aromatic N) is 1. The van der Waals surface area contributed by atoms with E-state index in [1.165, 1.54) is 19.1 Å². The molecule has 0 spiro atoms. The van der Waals surface area contributed by atoms with Crippen molar-refractivity contribution < 1.29 is 13.9 Å². The minimum Gasteiger partial charge on any atom is -0.457 e. The number of carbonyl (C=O) groups excluding carboxylic acids is 1. The van der Waals surface area contributed by atoms with Gasteiger partial charge in [-0.2, -0.15) is 0 Å². The molecule has 1 aliphatic rings. The van der Waals surface area contributed by atoms with Crippen molar-refractivity contribution in [2.75, 3.05) is 19.6 Å². The van der Waals surface area contributed by atoms with Crippen LogP contribution in [0, 0.1) is 5.92 Å². The van der Waals surface area contributed by atoms with E-state index < -0.39 is 0 Å². The number of furan rings is 1. The van der Waals surface area contributed by atoms with Crippen LogP contribution in [-0.2, 0) is 4.74 Å². The molecule has 5 heteroatoms. The van der Waals surface area contributed by atoms with Gasteiger partial charge in [0.25, 0.3) is 0 Å². The Labute approximate surface area is 120 Å². The maximum absolute atomic E-state index is 11.7. The normalized spacial score (nSPS) is 18.6. The van der Waals surface area contributed by atoms with Crippen LogP contribution in [0.25, 0.3) is 0 Å². The Balaban J connectivity index is 0.00000180. The largest absolute Gasteiger partial charge is 0.457 e. The molecule has 2 rings (SSSR count). The van der Waals surface area contributed by atoms with E-state index in [-0.39, 0.29) is 30.2 Å². The van der Waals surface area contributed by atoms with Crippen LogP contribution in [-0.4, -0.2) is 36.6 Å². The fourth-order valence-electron chi connectivity index (χ4n) is 2.28. The first-order chi connectivity index (χ1) is 8.65. The average molecular weight is 288 g/mol. The van der Waals surface area contributed by atoms with Crippen LogP contribution in [0.2, 0.25) is 0 Å². The molecular formula is C14H22ClNO3. The lowest BCUT2D eigenvalue weighted by Crippen LogP contribution is -2.38. The van der Waals surface area contributed by atoms with E-state index in [0.717, 1.165) is 25.6 Å². The van der Waals surface area contributed by atoms with Crippen molar-refractivity contribution in [3.63, 3.8) is 0 Å². The number of piperidine rings is 1. The van der Waals surface area contributed by atoms with Gasteiger partial charge in [-0.15, -0.1) is 12.4 Å². The highest BCUT2D eigenvalue weighted by Gasteiger charge is 2.20. The van der Waals surface area contributed by atoms with Crippen LogP contribution in [0.3, 0.4) is 0 Å². The second-order valence-electron chi connectivity index (χ2n) is 5.18. The molecule has 0 saturated carbocycles. The number of esters is 1. The summed E-state index contributed by atoms with van der Waals surface area (Å²) in [4.78, 5) is 14.0. The second-order valence-corrected chi connectivity index (χ2v) is 5.18. The van der Waals surface area contributed by atoms with Gasteiger partial charge >= 0.3 is 5.97 Å². The van der Waals surface area contributed by atoms with Crippen molar-refractivity contribution >= 4 is 18.4 Å². The van der Waals surface area contributed by atoms with Crippen molar-refractivity contribution in [1.29, 1.82) is 0 Å². The van der Waals surface area contributed by atoms with Crippen molar-refractivity contribution in [3.05, 3.63) is 24.2 Å². The minimum absolute atomic E-state index is 0. The van der Waals surface area contributed by atoms with Crippen molar-refractivity contribution in [3.8, 4) is 0 Å². The second kappa shape index (κ2) is 7.56. The summed E-state index contributed by atoms with van der Waals surface area (Å²) in [5, 5.41) is 0. The molecule has 1 atom stereocenters. The van der Waals surface area contributed by atoms with Gasteiger partial charge in [-0.1, -0.05) is 6.92 Å². The summed E-state index contributed by atoms with van der Waals surface area (Å²) < 4.78 is 10.4. The molecule has 0 aliphatic carbocycles. The Hall–Kier alpha value is -1.00. The van der Waals surface area contributed by atoms with Gasteiger partial charge in [0, 0.05) is 6.54 Å². The summed E-state index contributed by atoms with van der Waals surface area (Å²) in [7, 11) is 0. The quantitative estimate of drug-likeness (QED) is 0.799. The van der Waals surface area contributed by atoms with Crippen molar-refractivity contribution in [1.82, 2.24) is 4.90 Å². The van der Waals surface area contributed by atoms with Gasteiger partial charge in [-0.25, -0.2) is 4.79 Å². The van der Waals surface area contributed by atoms with E-state index in [4.69, 9.17) is 9.15 Å². The van der Waals surface area contributed by atoms with Crippen LogP contribution in [0.1, 0.15) is 37.2 Å². The fourth-order valence-corrected chi connectivity index (χ4v) is 2.28. The Morgan fingerprint density at radius 2 is 2.21 bits per heavy atom. The summed E-state index contributed by atoms with van der Waals surface area (Å²) in [6.07, 6.45) is 3.85. The summed E-state index contributed by atoms with van der Waals surface area (Å²) in [6, 6.07) is 3.31. The number of rotatable bonds is 4. The Bertz CT molecular complexity index is 372. The van der Waals surface area contributed by atoms with Gasteiger partial charge in [0.1, 0.15) is 6.10 Å². The maximum Gasteiger partial charge on any atom is 0.374 e. The molecule has 1 aromatic rings. The number of ether oxygens (including phenoxy) is 1. The Morgan fingerprint density at radius 1 is 1.53 bits per heavy atom. The molecule has 4 nitrogen and oxygen atoms in total. The van der Waals surface area contributed by atoms with Gasteiger partial charge in [0.2, 0.25) is 5.76 Å². The Kier molecular flexibility index (Phi) is 6.38. The predicted octanol–water partition coefficient (Wildman–Crippen LogP) is 2.98. The molecular weight excluding hydrogens is 266 g/mol. The van der Waals surface area contributed by atoms with Crippen LogP contribution in [0.5, 0.6) is 0 Å². The SMILES string of the molecule is CC1CCN(CC(C)OC(=O)c2ccco2)CC1.Cl. The highest BCUT2D eigenvalue weighted by molar-refractivity contribution is 5.86. The first-order valence-electron chi connectivity index (χ1n) is 6.62. The van der Waals surface area contributed by atoms with Gasteiger partial charge in [-0.05, 0) is 50.9 Å². The molecule has 1 saturated heterocycles. The van der Waals surface area contributed by atoms with E-state index >= 15 is 0 Å². The maximum atomic E-state index is 11.7. The van der Waals surface area contributed by atoms with E-state index in [1.54, 1.807) is 12.1 Å². The zero-order chi connectivity index (χ0) is 13.0. The first-order valence-corrected chi connectivity index (χ1v) is 6.62. The number of halogens is 1. The van der Waals surface area contributed by atoms with E-state index in [9.17, 15) is 4.79 Å². The summed E-state index contributed by atoms with van der Waals surface area (Å²) in [5.41, 5.74) is 0. The van der Waals surface area contributed by atoms with E-state index in [2.05, 4.69) is 11.8 Å². The summed E-state index contributed by atoms with van der Waals surface area (Å²) in [5.74, 6) is 0.717. The molecule has 0 radical (unpaired) electrons. The molecule has 0 amide bonds. The third-order valence-corrected chi connectivity index (χ3v) is 3.42. The van der Waals surface area contributed by atoms with Crippen LogP contribution >= 0.6 is 12.4 Å². The van der Waals surface area contributed by atoms with E-state index in [0.29, 0.717) is 0 Å². The highest BCUT2D eigenvalue weighted by atomic mass is 35.5. The van der Waals surface area contributed by atoms with Crippen molar-refractivity contribution in [2.24, 2.45) is 5.92 Å². The Morgan fingerprint density at radius 3 is 2.79 bits per heavy atom. The van der Waals surface area contributed by atoms with Crippen molar-refractivity contribution in [2.45, 2.75) is 32.8 Å². The topological polar surface area (TPSA) is 42.7 Å². The minimum atomic E-state index is -0.377. The van der Waals surface area contributed by atoms with Gasteiger partial charge < -0.3 is 9.15 Å². The molecule has 1 unspecified atom stereocenters. The van der Waals surface area contributed by atoms with Crippen LogP contribution in [0.4, 0.5) is 0 Å². The predicted molar refractivity (Wildman–Crippen MR) is 75.7 cm³/mol. The van der Waals surface area contributed by atoms with Crippen LogP contribution < -0.4 is 0 Å². The smallest absolute Gasteiger partial charge is 0.374 e. The molecule has 19 heavy (non-hydrogen) atoms. The fraction of sp³-hybridized carbons (Fsp3) is 0.643. The summed E-state index contributed by atoms with van der Waals surface area (Å²) in [6.45, 7) is 7.23. The standard InChI is InChI=1S/C14H21NO3.ClH/c1-11-5-7-15(8-6-11)10-12(2)18-14(16)13-4-3-9-17-13;/h3-4,9,11-12H,5-8,10H2,1-2H3;1H. The average Bonchev–Trinajstić information content (AvgIpc) is 2.85. The molecule has 0 N–H and O–H groups in total. The van der Waals surface area contributed by atoms with Gasteiger partial charge in [0.05, 0.1) is 6.26 Å².